The topological polar surface area (TPSA) is 65.5 Å². The van der Waals surface area contributed by atoms with E-state index in [1.165, 1.54) is 18.2 Å². The Hall–Kier alpha value is -2.94. The molecule has 0 aliphatic carbocycles. The van der Waals surface area contributed by atoms with Crippen LogP contribution in [0.15, 0.2) is 30.3 Å². The second kappa shape index (κ2) is 10.7. The van der Waals surface area contributed by atoms with Gasteiger partial charge in [0.15, 0.2) is 0 Å². The van der Waals surface area contributed by atoms with Crippen LogP contribution in [0.1, 0.15) is 43.0 Å². The third-order valence-corrected chi connectivity index (χ3v) is 4.55. The number of pyridine rings is 1. The zero-order valence-corrected chi connectivity index (χ0v) is 17.2. The maximum absolute atomic E-state index is 13.7. The predicted molar refractivity (Wildman–Crippen MR) is 110 cm³/mol. The van der Waals surface area contributed by atoms with Crippen molar-refractivity contribution in [2.75, 3.05) is 38.0 Å². The van der Waals surface area contributed by atoms with Crippen LogP contribution >= 0.6 is 0 Å². The lowest BCUT2D eigenvalue weighted by atomic mass is 10.1. The summed E-state index contributed by atoms with van der Waals surface area (Å²) in [6.45, 7) is 9.63. The molecule has 164 valence electrons. The molecule has 0 unspecified atom stereocenters. The number of nitrogens with zero attached hydrogens (tertiary/aromatic N) is 3. The number of aromatic nitrogens is 1. The van der Waals surface area contributed by atoms with E-state index < -0.39 is 28.9 Å². The van der Waals surface area contributed by atoms with Crippen LogP contribution in [0.2, 0.25) is 0 Å². The Morgan fingerprint density at radius 1 is 1.07 bits per heavy atom. The van der Waals surface area contributed by atoms with Crippen molar-refractivity contribution >= 4 is 17.6 Å². The highest BCUT2D eigenvalue weighted by Crippen LogP contribution is 2.17. The molecule has 1 N–H and O–H groups in total. The van der Waals surface area contributed by atoms with Crippen LogP contribution in [0.5, 0.6) is 0 Å². The SMILES string of the molecule is CC.CCN1CCN(C(=O)c2cccc(NC(=O)c3c(F)cc(F)cc3F)n2)CC1.[HH]. The Morgan fingerprint density at radius 3 is 2.23 bits per heavy atom. The van der Waals surface area contributed by atoms with E-state index >= 15 is 0 Å². The lowest BCUT2D eigenvalue weighted by molar-refractivity contribution is 0.0637. The van der Waals surface area contributed by atoms with E-state index in [1.807, 2.05) is 13.8 Å². The highest BCUT2D eigenvalue weighted by atomic mass is 19.1. The van der Waals surface area contributed by atoms with Gasteiger partial charge in [-0.05, 0) is 18.7 Å². The van der Waals surface area contributed by atoms with Crippen LogP contribution < -0.4 is 5.32 Å². The van der Waals surface area contributed by atoms with Gasteiger partial charge in [0.25, 0.3) is 11.8 Å². The maximum Gasteiger partial charge on any atom is 0.272 e. The van der Waals surface area contributed by atoms with Gasteiger partial charge >= 0.3 is 0 Å². The molecule has 1 aromatic carbocycles. The van der Waals surface area contributed by atoms with E-state index in [1.54, 1.807) is 4.90 Å². The van der Waals surface area contributed by atoms with E-state index in [2.05, 4.69) is 22.1 Å². The molecule has 0 bridgehead atoms. The van der Waals surface area contributed by atoms with Crippen LogP contribution in [0, 0.1) is 17.5 Å². The second-order valence-corrected chi connectivity index (χ2v) is 6.33. The number of halogens is 3. The van der Waals surface area contributed by atoms with Gasteiger partial charge in [-0.2, -0.15) is 0 Å². The number of piperazine rings is 1. The van der Waals surface area contributed by atoms with Crippen molar-refractivity contribution in [2.24, 2.45) is 0 Å². The minimum atomic E-state index is -1.32. The number of benzene rings is 1. The highest BCUT2D eigenvalue weighted by Gasteiger charge is 2.23. The highest BCUT2D eigenvalue weighted by molar-refractivity contribution is 6.04. The van der Waals surface area contributed by atoms with Crippen LogP contribution in [0.25, 0.3) is 0 Å². The predicted octanol–water partition coefficient (Wildman–Crippen LogP) is 3.80. The Kier molecular flexibility index (Phi) is 8.35. The molecule has 2 heterocycles. The van der Waals surface area contributed by atoms with Crippen LogP contribution in [-0.4, -0.2) is 59.3 Å². The first-order valence-electron chi connectivity index (χ1n) is 9.83. The van der Waals surface area contributed by atoms with Crippen LogP contribution in [0.4, 0.5) is 19.0 Å². The molecule has 0 spiro atoms. The minimum absolute atomic E-state index is 0. The number of rotatable bonds is 4. The first kappa shape index (κ1) is 23.3. The number of hydrogen-bond donors (Lipinski definition) is 1. The Labute approximate surface area is 175 Å². The molecule has 30 heavy (non-hydrogen) atoms. The summed E-state index contributed by atoms with van der Waals surface area (Å²) >= 11 is 0. The third kappa shape index (κ3) is 5.56. The van der Waals surface area contributed by atoms with Crippen molar-refractivity contribution in [2.45, 2.75) is 20.8 Å². The normalized spacial score (nSPS) is 14.0. The molecule has 1 fully saturated rings. The lowest BCUT2D eigenvalue weighted by Gasteiger charge is -2.33. The van der Waals surface area contributed by atoms with Crippen molar-refractivity contribution in [3.8, 4) is 0 Å². The summed E-state index contributed by atoms with van der Waals surface area (Å²) in [5.74, 6) is -5.21. The Bertz CT molecular complexity index is 883. The van der Waals surface area contributed by atoms with Gasteiger partial charge < -0.3 is 15.1 Å². The van der Waals surface area contributed by atoms with Gasteiger partial charge in [-0.25, -0.2) is 18.2 Å². The monoisotopic (exact) mass is 424 g/mol. The van der Waals surface area contributed by atoms with Gasteiger partial charge in [0.05, 0.1) is 0 Å². The Balaban J connectivity index is 0.00000156. The van der Waals surface area contributed by atoms with Gasteiger partial charge in [0, 0.05) is 39.7 Å². The summed E-state index contributed by atoms with van der Waals surface area (Å²) < 4.78 is 40.5. The summed E-state index contributed by atoms with van der Waals surface area (Å²) in [7, 11) is 0. The van der Waals surface area contributed by atoms with E-state index in [0.29, 0.717) is 25.2 Å². The average molecular weight is 424 g/mol. The molecular formula is C21H27F3N4O2. The van der Waals surface area contributed by atoms with Gasteiger partial charge in [-0.1, -0.05) is 26.8 Å². The molecule has 0 radical (unpaired) electrons. The van der Waals surface area contributed by atoms with Crippen molar-refractivity contribution in [3.05, 3.63) is 59.0 Å². The first-order valence-corrected chi connectivity index (χ1v) is 9.83. The molecule has 6 nitrogen and oxygen atoms in total. The van der Waals surface area contributed by atoms with Gasteiger partial charge in [0.2, 0.25) is 0 Å². The average Bonchev–Trinajstić information content (AvgIpc) is 2.74. The van der Waals surface area contributed by atoms with E-state index in [4.69, 9.17) is 0 Å². The van der Waals surface area contributed by atoms with Gasteiger partial charge in [-0.15, -0.1) is 0 Å². The molecular weight excluding hydrogens is 397 g/mol. The number of hydrogen-bond acceptors (Lipinski definition) is 4. The minimum Gasteiger partial charge on any atom is -0.335 e. The molecule has 1 aromatic heterocycles. The Morgan fingerprint density at radius 2 is 1.67 bits per heavy atom. The fourth-order valence-corrected chi connectivity index (χ4v) is 2.99. The van der Waals surface area contributed by atoms with Crippen LogP contribution in [-0.2, 0) is 0 Å². The van der Waals surface area contributed by atoms with Crippen molar-refractivity contribution in [1.29, 1.82) is 0 Å². The van der Waals surface area contributed by atoms with Crippen molar-refractivity contribution in [1.82, 2.24) is 14.8 Å². The molecule has 1 aliphatic rings. The molecule has 2 amide bonds. The van der Waals surface area contributed by atoms with Crippen LogP contribution in [0.3, 0.4) is 0 Å². The summed E-state index contributed by atoms with van der Waals surface area (Å²) in [6.07, 6.45) is 0. The fourth-order valence-electron chi connectivity index (χ4n) is 2.99. The van der Waals surface area contributed by atoms with E-state index in [9.17, 15) is 22.8 Å². The van der Waals surface area contributed by atoms with Crippen molar-refractivity contribution < 1.29 is 24.2 Å². The van der Waals surface area contributed by atoms with Gasteiger partial charge in [0.1, 0.15) is 34.5 Å². The standard InChI is InChI=1S/C19H19F3N4O2.C2H6.H2/c1-2-25-6-8-26(9-7-25)19(28)15-4-3-5-16(23-15)24-18(27)17-13(21)10-12(20)11-14(17)22;1-2;/h3-5,10-11H,2,6-9H2,1H3,(H,23,24,27);1-2H3;1H. The molecule has 0 atom stereocenters. The molecule has 2 aromatic rings. The maximum atomic E-state index is 13.7. The molecule has 1 aliphatic heterocycles. The quantitative estimate of drug-likeness (QED) is 0.811. The third-order valence-electron chi connectivity index (χ3n) is 4.55. The fraction of sp³-hybridized carbons (Fsp3) is 0.381. The smallest absolute Gasteiger partial charge is 0.272 e. The number of carbonyl (C=O) groups excluding carboxylic acids is 2. The lowest BCUT2D eigenvalue weighted by Crippen LogP contribution is -2.48. The zero-order chi connectivity index (χ0) is 22.3. The van der Waals surface area contributed by atoms with E-state index in [0.717, 1.165) is 19.6 Å². The number of anilines is 1. The molecule has 3 rings (SSSR count). The summed E-state index contributed by atoms with van der Waals surface area (Å²) in [5, 5.41) is 2.24. The molecule has 0 saturated carbocycles. The summed E-state index contributed by atoms with van der Waals surface area (Å²) in [5.41, 5.74) is -0.807. The molecule has 9 heteroatoms. The number of nitrogens with one attached hydrogen (secondary N) is 1. The zero-order valence-electron chi connectivity index (χ0n) is 17.2. The van der Waals surface area contributed by atoms with E-state index in [-0.39, 0.29) is 18.8 Å². The second-order valence-electron chi connectivity index (χ2n) is 6.33. The first-order chi connectivity index (χ1) is 14.4. The number of carbonyl (C=O) groups is 2. The number of likely N-dealkylation sites (N-methyl/N-ethyl adjacent to an activating group) is 1. The summed E-state index contributed by atoms with van der Waals surface area (Å²) in [4.78, 5) is 32.7. The number of amides is 2. The van der Waals surface area contributed by atoms with Crippen molar-refractivity contribution in [3.63, 3.8) is 0 Å². The largest absolute Gasteiger partial charge is 0.335 e. The summed E-state index contributed by atoms with van der Waals surface area (Å²) in [6, 6.07) is 5.24. The van der Waals surface area contributed by atoms with Gasteiger partial charge in [-0.3, -0.25) is 9.59 Å². The molecule has 1 saturated heterocycles.